The first-order valence-corrected chi connectivity index (χ1v) is 6.68. The number of rotatable bonds is 7. The highest BCUT2D eigenvalue weighted by atomic mass is 16.5. The third-order valence-electron chi connectivity index (χ3n) is 2.99. The van der Waals surface area contributed by atoms with Gasteiger partial charge in [0.15, 0.2) is 0 Å². The number of ether oxygens (including phenoxy) is 1. The Morgan fingerprint density at radius 3 is 2.75 bits per heavy atom. The molecular weight excluding hydrogens is 254 g/mol. The Morgan fingerprint density at radius 1 is 1.15 bits per heavy atom. The fraction of sp³-hybridized carbons (Fsp3) is 0.333. The summed E-state index contributed by atoms with van der Waals surface area (Å²) in [6, 6.07) is 7.09. The number of nitrogen functional groups attached to an aromatic ring is 1. The lowest BCUT2D eigenvalue weighted by molar-refractivity contribution is 0.123. The molecule has 0 aliphatic rings. The van der Waals surface area contributed by atoms with Gasteiger partial charge in [-0.1, -0.05) is 0 Å². The number of aromatic nitrogens is 2. The topological polar surface area (TPSA) is 70.1 Å². The van der Waals surface area contributed by atoms with E-state index in [-0.39, 0.29) is 5.56 Å². The normalized spacial score (nSPS) is 10.6. The Morgan fingerprint density at radius 2 is 1.95 bits per heavy atom. The van der Waals surface area contributed by atoms with Crippen LogP contribution in [0, 0.1) is 0 Å². The van der Waals surface area contributed by atoms with Gasteiger partial charge in [0.05, 0.1) is 6.61 Å². The van der Waals surface area contributed by atoms with Crippen LogP contribution in [0.1, 0.15) is 12.0 Å². The van der Waals surface area contributed by atoms with Crippen molar-refractivity contribution in [3.8, 4) is 0 Å². The molecule has 106 valence electrons. The molecule has 2 aromatic rings. The number of nitrogens with two attached hydrogens (primary N) is 1. The number of hydrogen-bond donors (Lipinski definition) is 1. The number of aryl methyl sites for hydroxylation is 1. The van der Waals surface area contributed by atoms with Gasteiger partial charge in [-0.3, -0.25) is 9.78 Å². The molecule has 20 heavy (non-hydrogen) atoms. The Hall–Kier alpha value is -2.14. The molecule has 2 heterocycles. The maximum Gasteiger partial charge on any atom is 0.250 e. The first-order chi connectivity index (χ1) is 9.75. The van der Waals surface area contributed by atoms with Gasteiger partial charge in [0.25, 0.3) is 5.56 Å². The zero-order chi connectivity index (χ0) is 14.2. The van der Waals surface area contributed by atoms with Gasteiger partial charge in [-0.25, -0.2) is 0 Å². The highest BCUT2D eigenvalue weighted by Crippen LogP contribution is 2.01. The number of nitrogens with zero attached hydrogens (tertiary/aromatic N) is 2. The summed E-state index contributed by atoms with van der Waals surface area (Å²) in [7, 11) is 0. The second kappa shape index (κ2) is 7.45. The van der Waals surface area contributed by atoms with E-state index in [1.54, 1.807) is 29.2 Å². The van der Waals surface area contributed by atoms with E-state index in [0.717, 1.165) is 12.8 Å². The van der Waals surface area contributed by atoms with E-state index in [2.05, 4.69) is 4.98 Å². The second-order valence-electron chi connectivity index (χ2n) is 4.57. The third kappa shape index (κ3) is 4.51. The van der Waals surface area contributed by atoms with Crippen LogP contribution in [0.25, 0.3) is 0 Å². The summed E-state index contributed by atoms with van der Waals surface area (Å²) in [5, 5.41) is 0. The predicted octanol–water partition coefficient (Wildman–Crippen LogP) is 1.47. The van der Waals surface area contributed by atoms with Gasteiger partial charge in [0.2, 0.25) is 0 Å². The van der Waals surface area contributed by atoms with Crippen molar-refractivity contribution in [2.45, 2.75) is 19.4 Å². The van der Waals surface area contributed by atoms with Crippen LogP contribution in [0.3, 0.4) is 0 Å². The molecule has 0 atom stereocenters. The van der Waals surface area contributed by atoms with E-state index >= 15 is 0 Å². The molecule has 0 fully saturated rings. The SMILES string of the molecule is Nc1ccc(=O)n(CCOCCCc2ccncc2)c1. The van der Waals surface area contributed by atoms with Crippen LogP contribution in [0.5, 0.6) is 0 Å². The number of hydrogen-bond acceptors (Lipinski definition) is 4. The molecule has 5 heteroatoms. The molecular formula is C15H19N3O2. The van der Waals surface area contributed by atoms with Gasteiger partial charge in [0.1, 0.15) is 0 Å². The molecule has 0 radical (unpaired) electrons. The van der Waals surface area contributed by atoms with Crippen molar-refractivity contribution in [3.05, 3.63) is 58.8 Å². The summed E-state index contributed by atoms with van der Waals surface area (Å²) in [5.74, 6) is 0. The van der Waals surface area contributed by atoms with Crippen molar-refractivity contribution in [1.82, 2.24) is 9.55 Å². The highest BCUT2D eigenvalue weighted by molar-refractivity contribution is 5.33. The number of pyridine rings is 2. The van der Waals surface area contributed by atoms with Crippen LogP contribution >= 0.6 is 0 Å². The highest BCUT2D eigenvalue weighted by Gasteiger charge is 1.97. The van der Waals surface area contributed by atoms with Gasteiger partial charge < -0.3 is 15.0 Å². The summed E-state index contributed by atoms with van der Waals surface area (Å²) in [4.78, 5) is 15.5. The summed E-state index contributed by atoms with van der Waals surface area (Å²) in [6.07, 6.45) is 7.16. The van der Waals surface area contributed by atoms with Crippen LogP contribution in [0.2, 0.25) is 0 Å². The molecule has 0 saturated carbocycles. The smallest absolute Gasteiger partial charge is 0.250 e. The predicted molar refractivity (Wildman–Crippen MR) is 78.5 cm³/mol. The summed E-state index contributed by atoms with van der Waals surface area (Å²) in [5.41, 5.74) is 7.43. The lowest BCUT2D eigenvalue weighted by Gasteiger charge is -2.07. The third-order valence-corrected chi connectivity index (χ3v) is 2.99. The first-order valence-electron chi connectivity index (χ1n) is 6.68. The summed E-state index contributed by atoms with van der Waals surface area (Å²) < 4.78 is 7.11. The van der Waals surface area contributed by atoms with Gasteiger partial charge >= 0.3 is 0 Å². The molecule has 0 aliphatic carbocycles. The van der Waals surface area contributed by atoms with Crippen molar-refractivity contribution >= 4 is 5.69 Å². The quantitative estimate of drug-likeness (QED) is 0.776. The van der Waals surface area contributed by atoms with Crippen LogP contribution in [0.4, 0.5) is 5.69 Å². The van der Waals surface area contributed by atoms with E-state index in [1.165, 1.54) is 11.6 Å². The molecule has 0 aromatic carbocycles. The molecule has 0 bridgehead atoms. The monoisotopic (exact) mass is 273 g/mol. The molecule has 5 nitrogen and oxygen atoms in total. The van der Waals surface area contributed by atoms with E-state index in [9.17, 15) is 4.79 Å². The van der Waals surface area contributed by atoms with Gasteiger partial charge in [-0.2, -0.15) is 0 Å². The van der Waals surface area contributed by atoms with Crippen LogP contribution in [-0.2, 0) is 17.7 Å². The molecule has 2 N–H and O–H groups in total. The Bertz CT molecular complexity index is 581. The van der Waals surface area contributed by atoms with Crippen molar-refractivity contribution in [3.63, 3.8) is 0 Å². The summed E-state index contributed by atoms with van der Waals surface area (Å²) in [6.45, 7) is 1.72. The lowest BCUT2D eigenvalue weighted by Crippen LogP contribution is -2.21. The van der Waals surface area contributed by atoms with E-state index < -0.39 is 0 Å². The Kier molecular flexibility index (Phi) is 5.32. The minimum atomic E-state index is -0.0559. The van der Waals surface area contributed by atoms with Gasteiger partial charge in [-0.05, 0) is 36.6 Å². The molecule has 0 amide bonds. The molecule has 0 saturated heterocycles. The van der Waals surface area contributed by atoms with Crippen molar-refractivity contribution in [2.75, 3.05) is 18.9 Å². The van der Waals surface area contributed by atoms with Crippen molar-refractivity contribution in [2.24, 2.45) is 0 Å². The van der Waals surface area contributed by atoms with E-state index in [0.29, 0.717) is 25.4 Å². The first kappa shape index (κ1) is 14.3. The maximum atomic E-state index is 11.5. The lowest BCUT2D eigenvalue weighted by atomic mass is 10.1. The molecule has 2 aromatic heterocycles. The molecule has 0 unspecified atom stereocenters. The van der Waals surface area contributed by atoms with Crippen molar-refractivity contribution in [1.29, 1.82) is 0 Å². The fourth-order valence-electron chi connectivity index (χ4n) is 1.92. The maximum absolute atomic E-state index is 11.5. The Labute approximate surface area is 118 Å². The summed E-state index contributed by atoms with van der Waals surface area (Å²) >= 11 is 0. The molecule has 0 aliphatic heterocycles. The standard InChI is InChI=1S/C15H19N3O2/c16-14-3-4-15(19)18(12-14)9-11-20-10-1-2-13-5-7-17-8-6-13/h3-8,12H,1-2,9-11,16H2. The van der Waals surface area contributed by atoms with E-state index in [1.807, 2.05) is 12.1 Å². The molecule has 2 rings (SSSR count). The van der Waals surface area contributed by atoms with Gasteiger partial charge in [0, 0.05) is 43.5 Å². The van der Waals surface area contributed by atoms with Crippen molar-refractivity contribution < 1.29 is 4.74 Å². The Balaban J connectivity index is 1.64. The zero-order valence-corrected chi connectivity index (χ0v) is 11.4. The van der Waals surface area contributed by atoms with E-state index in [4.69, 9.17) is 10.5 Å². The zero-order valence-electron chi connectivity index (χ0n) is 11.4. The second-order valence-corrected chi connectivity index (χ2v) is 4.57. The number of anilines is 1. The van der Waals surface area contributed by atoms with Crippen LogP contribution in [0.15, 0.2) is 47.7 Å². The minimum Gasteiger partial charge on any atom is -0.398 e. The minimum absolute atomic E-state index is 0.0559. The fourth-order valence-corrected chi connectivity index (χ4v) is 1.92. The van der Waals surface area contributed by atoms with Crippen LogP contribution < -0.4 is 11.3 Å². The van der Waals surface area contributed by atoms with Gasteiger partial charge in [-0.15, -0.1) is 0 Å². The largest absolute Gasteiger partial charge is 0.398 e. The van der Waals surface area contributed by atoms with Crippen LogP contribution in [-0.4, -0.2) is 22.8 Å². The molecule has 0 spiro atoms. The average Bonchev–Trinajstić information content (AvgIpc) is 2.47. The average molecular weight is 273 g/mol.